The fourth-order valence-electron chi connectivity index (χ4n) is 1.03. The van der Waals surface area contributed by atoms with Gasteiger partial charge in [0.25, 0.3) is 0 Å². The van der Waals surface area contributed by atoms with Crippen LogP contribution in [0, 0.1) is 0 Å². The van der Waals surface area contributed by atoms with Crippen LogP contribution in [0.4, 0.5) is 0 Å². The zero-order valence-corrected chi connectivity index (χ0v) is 11.1. The van der Waals surface area contributed by atoms with Gasteiger partial charge in [0.2, 0.25) is 11.5 Å². The zero-order chi connectivity index (χ0) is 12.2. The SMILES string of the molecule is CCOC(=O)C(C)(C)Oc1ccc(Br)cn1. The van der Waals surface area contributed by atoms with Crippen molar-refractivity contribution in [3.8, 4) is 5.88 Å². The summed E-state index contributed by atoms with van der Waals surface area (Å²) in [4.78, 5) is 15.6. The first-order valence-corrected chi connectivity index (χ1v) is 5.73. The van der Waals surface area contributed by atoms with E-state index in [1.54, 1.807) is 39.1 Å². The van der Waals surface area contributed by atoms with Crippen LogP contribution in [0.3, 0.4) is 0 Å². The number of rotatable bonds is 4. The molecule has 0 saturated heterocycles. The van der Waals surface area contributed by atoms with E-state index in [0.29, 0.717) is 12.5 Å². The molecule has 1 rings (SSSR count). The quantitative estimate of drug-likeness (QED) is 0.799. The molecule has 0 aliphatic carbocycles. The third kappa shape index (κ3) is 3.48. The smallest absolute Gasteiger partial charge is 0.349 e. The summed E-state index contributed by atoms with van der Waals surface area (Å²) < 4.78 is 11.2. The van der Waals surface area contributed by atoms with E-state index in [1.807, 2.05) is 0 Å². The van der Waals surface area contributed by atoms with E-state index in [-0.39, 0.29) is 0 Å². The summed E-state index contributed by atoms with van der Waals surface area (Å²) >= 11 is 3.27. The van der Waals surface area contributed by atoms with Crippen LogP contribution in [0.1, 0.15) is 20.8 Å². The number of carbonyl (C=O) groups is 1. The second kappa shape index (κ2) is 5.30. The third-order valence-corrected chi connectivity index (χ3v) is 2.30. The molecule has 0 aliphatic rings. The standard InChI is InChI=1S/C11H14BrNO3/c1-4-15-10(14)11(2,3)16-9-6-5-8(12)7-13-9/h5-7H,4H2,1-3H3. The number of esters is 1. The zero-order valence-electron chi connectivity index (χ0n) is 9.49. The van der Waals surface area contributed by atoms with E-state index in [1.165, 1.54) is 0 Å². The molecule has 0 aliphatic heterocycles. The van der Waals surface area contributed by atoms with Gasteiger partial charge in [-0.1, -0.05) is 0 Å². The number of pyridine rings is 1. The van der Waals surface area contributed by atoms with E-state index in [4.69, 9.17) is 9.47 Å². The van der Waals surface area contributed by atoms with Gasteiger partial charge in [-0.15, -0.1) is 0 Å². The van der Waals surface area contributed by atoms with Crippen LogP contribution in [0.25, 0.3) is 0 Å². The normalized spacial score (nSPS) is 11.0. The highest BCUT2D eigenvalue weighted by atomic mass is 79.9. The van der Waals surface area contributed by atoms with Crippen LogP contribution in [0.2, 0.25) is 0 Å². The summed E-state index contributed by atoms with van der Waals surface area (Å²) in [6.07, 6.45) is 1.61. The van der Waals surface area contributed by atoms with E-state index < -0.39 is 11.6 Å². The number of hydrogen-bond donors (Lipinski definition) is 0. The van der Waals surface area contributed by atoms with Crippen molar-refractivity contribution in [2.75, 3.05) is 6.61 Å². The van der Waals surface area contributed by atoms with Crippen LogP contribution in [0.15, 0.2) is 22.8 Å². The van der Waals surface area contributed by atoms with Crippen LogP contribution in [-0.4, -0.2) is 23.2 Å². The molecule has 0 bridgehead atoms. The molecule has 0 atom stereocenters. The van der Waals surface area contributed by atoms with Crippen molar-refractivity contribution in [2.24, 2.45) is 0 Å². The maximum atomic E-state index is 11.6. The van der Waals surface area contributed by atoms with Crippen LogP contribution < -0.4 is 4.74 Å². The monoisotopic (exact) mass is 287 g/mol. The Balaban J connectivity index is 2.72. The van der Waals surface area contributed by atoms with Crippen LogP contribution in [0.5, 0.6) is 5.88 Å². The fourth-order valence-corrected chi connectivity index (χ4v) is 1.27. The number of carbonyl (C=O) groups excluding carboxylic acids is 1. The average Bonchev–Trinajstić information content (AvgIpc) is 2.21. The molecule has 1 heterocycles. The molecule has 1 aromatic heterocycles. The molecular formula is C11H14BrNO3. The Bertz CT molecular complexity index is 362. The second-order valence-electron chi connectivity index (χ2n) is 3.65. The minimum absolute atomic E-state index is 0.333. The summed E-state index contributed by atoms with van der Waals surface area (Å²) in [5, 5.41) is 0. The summed E-state index contributed by atoms with van der Waals surface area (Å²) in [7, 11) is 0. The highest BCUT2D eigenvalue weighted by Gasteiger charge is 2.31. The molecule has 0 saturated carbocycles. The van der Waals surface area contributed by atoms with Gasteiger partial charge in [0.1, 0.15) is 0 Å². The van der Waals surface area contributed by atoms with Gasteiger partial charge >= 0.3 is 5.97 Å². The van der Waals surface area contributed by atoms with Crippen molar-refractivity contribution < 1.29 is 14.3 Å². The molecule has 5 heteroatoms. The minimum atomic E-state index is -1.03. The number of hydrogen-bond acceptors (Lipinski definition) is 4. The Labute approximate surface area is 103 Å². The maximum absolute atomic E-state index is 11.6. The molecule has 1 aromatic rings. The van der Waals surface area contributed by atoms with Gasteiger partial charge in [0.05, 0.1) is 6.61 Å². The second-order valence-corrected chi connectivity index (χ2v) is 4.56. The molecule has 4 nitrogen and oxygen atoms in total. The molecule has 0 aromatic carbocycles. The predicted octanol–water partition coefficient (Wildman–Crippen LogP) is 2.56. The molecule has 16 heavy (non-hydrogen) atoms. The van der Waals surface area contributed by atoms with Gasteiger partial charge in [0.15, 0.2) is 0 Å². The van der Waals surface area contributed by atoms with E-state index in [0.717, 1.165) is 4.47 Å². The molecule has 0 radical (unpaired) electrons. The first kappa shape index (κ1) is 13.0. The fraction of sp³-hybridized carbons (Fsp3) is 0.455. The van der Waals surface area contributed by atoms with E-state index in [9.17, 15) is 4.79 Å². The molecule has 0 unspecified atom stereocenters. The number of aromatic nitrogens is 1. The summed E-state index contributed by atoms with van der Waals surface area (Å²) in [6, 6.07) is 3.48. The minimum Gasteiger partial charge on any atom is -0.463 e. The Hall–Kier alpha value is -1.10. The first-order chi connectivity index (χ1) is 7.45. The van der Waals surface area contributed by atoms with Crippen molar-refractivity contribution in [1.82, 2.24) is 4.98 Å². The molecule has 0 fully saturated rings. The van der Waals surface area contributed by atoms with Crippen LogP contribution >= 0.6 is 15.9 Å². The van der Waals surface area contributed by atoms with Crippen LogP contribution in [-0.2, 0) is 9.53 Å². The van der Waals surface area contributed by atoms with Gasteiger partial charge in [-0.25, -0.2) is 9.78 Å². The molecule has 0 spiro atoms. The lowest BCUT2D eigenvalue weighted by atomic mass is 10.1. The highest BCUT2D eigenvalue weighted by molar-refractivity contribution is 9.10. The maximum Gasteiger partial charge on any atom is 0.349 e. The third-order valence-electron chi connectivity index (χ3n) is 1.83. The Morgan fingerprint density at radius 1 is 1.50 bits per heavy atom. The van der Waals surface area contributed by atoms with Gasteiger partial charge in [-0.3, -0.25) is 0 Å². The largest absolute Gasteiger partial charge is 0.463 e. The molecule has 0 amide bonds. The van der Waals surface area contributed by atoms with Gasteiger partial charge in [0, 0.05) is 16.7 Å². The molecule has 0 N–H and O–H groups in total. The first-order valence-electron chi connectivity index (χ1n) is 4.93. The Kier molecular flexibility index (Phi) is 4.29. The van der Waals surface area contributed by atoms with E-state index >= 15 is 0 Å². The summed E-state index contributed by atoms with van der Waals surface area (Å²) in [6.45, 7) is 5.38. The lowest BCUT2D eigenvalue weighted by molar-refractivity contribution is -0.158. The van der Waals surface area contributed by atoms with Gasteiger partial charge < -0.3 is 9.47 Å². The van der Waals surface area contributed by atoms with E-state index in [2.05, 4.69) is 20.9 Å². The summed E-state index contributed by atoms with van der Waals surface area (Å²) in [5.74, 6) is -0.0130. The highest BCUT2D eigenvalue weighted by Crippen LogP contribution is 2.19. The summed E-state index contributed by atoms with van der Waals surface area (Å²) in [5.41, 5.74) is -1.03. The Morgan fingerprint density at radius 3 is 2.69 bits per heavy atom. The lowest BCUT2D eigenvalue weighted by Crippen LogP contribution is -2.39. The number of ether oxygens (including phenoxy) is 2. The van der Waals surface area contributed by atoms with Gasteiger partial charge in [-0.2, -0.15) is 0 Å². The Morgan fingerprint density at radius 2 is 2.19 bits per heavy atom. The number of halogens is 1. The topological polar surface area (TPSA) is 48.4 Å². The van der Waals surface area contributed by atoms with Crippen molar-refractivity contribution in [3.05, 3.63) is 22.8 Å². The van der Waals surface area contributed by atoms with Crippen molar-refractivity contribution in [3.63, 3.8) is 0 Å². The van der Waals surface area contributed by atoms with Gasteiger partial charge in [-0.05, 0) is 42.8 Å². The lowest BCUT2D eigenvalue weighted by Gasteiger charge is -2.23. The molecule has 88 valence electrons. The van der Waals surface area contributed by atoms with Crippen molar-refractivity contribution in [2.45, 2.75) is 26.4 Å². The average molecular weight is 288 g/mol. The van der Waals surface area contributed by atoms with Crippen molar-refractivity contribution in [1.29, 1.82) is 0 Å². The number of nitrogens with zero attached hydrogens (tertiary/aromatic N) is 1. The molecular weight excluding hydrogens is 274 g/mol. The predicted molar refractivity (Wildman–Crippen MR) is 63.3 cm³/mol. The van der Waals surface area contributed by atoms with Crippen molar-refractivity contribution >= 4 is 21.9 Å².